The van der Waals surface area contributed by atoms with Crippen LogP contribution in [0.4, 0.5) is 5.69 Å². The van der Waals surface area contributed by atoms with Gasteiger partial charge in [0.2, 0.25) is 6.08 Å². The summed E-state index contributed by atoms with van der Waals surface area (Å²) in [5.41, 5.74) is 4.59. The summed E-state index contributed by atoms with van der Waals surface area (Å²) in [7, 11) is 0. The predicted molar refractivity (Wildman–Crippen MR) is 73.6 cm³/mol. The largest absolute Gasteiger partial charge is 0.291 e. The number of carbonyl (C=O) groups excluding carboxylic acids is 1. The monoisotopic (exact) mass is 250 g/mol. The molecular formula is C16H14N2O. The lowest BCUT2D eigenvalue weighted by atomic mass is 10.1. The molecule has 0 fully saturated rings. The summed E-state index contributed by atoms with van der Waals surface area (Å²) >= 11 is 0. The molecule has 3 rings (SSSR count). The van der Waals surface area contributed by atoms with Gasteiger partial charge in [-0.05, 0) is 28.8 Å². The zero-order chi connectivity index (χ0) is 13.1. The summed E-state index contributed by atoms with van der Waals surface area (Å²) in [6, 6.07) is 16.4. The number of fused-ring (bicyclic) bond motifs is 1. The Kier molecular flexibility index (Phi) is 3.23. The Morgan fingerprint density at radius 2 is 1.84 bits per heavy atom. The lowest BCUT2D eigenvalue weighted by Gasteiger charge is -2.14. The molecule has 0 N–H and O–H groups in total. The minimum atomic E-state index is 0.690. The van der Waals surface area contributed by atoms with Crippen molar-refractivity contribution in [2.24, 2.45) is 4.99 Å². The van der Waals surface area contributed by atoms with Gasteiger partial charge >= 0.3 is 0 Å². The average molecular weight is 250 g/mol. The topological polar surface area (TPSA) is 32.7 Å². The number of rotatable bonds is 3. The minimum absolute atomic E-state index is 0.690. The Hall–Kier alpha value is -2.22. The fourth-order valence-corrected chi connectivity index (χ4v) is 2.53. The molecule has 1 heterocycles. The van der Waals surface area contributed by atoms with Gasteiger partial charge in [-0.15, -0.1) is 0 Å². The third kappa shape index (κ3) is 2.63. The van der Waals surface area contributed by atoms with Crippen molar-refractivity contribution in [2.45, 2.75) is 19.6 Å². The number of benzene rings is 2. The number of isocyanates is 1. The molecule has 0 spiro atoms. The molecule has 0 aliphatic carbocycles. The molecule has 19 heavy (non-hydrogen) atoms. The van der Waals surface area contributed by atoms with Crippen molar-refractivity contribution >= 4 is 11.8 Å². The highest BCUT2D eigenvalue weighted by atomic mass is 16.1. The van der Waals surface area contributed by atoms with Gasteiger partial charge in [-0.2, -0.15) is 4.99 Å². The van der Waals surface area contributed by atoms with Crippen LogP contribution in [0.1, 0.15) is 16.7 Å². The summed E-state index contributed by atoms with van der Waals surface area (Å²) < 4.78 is 0. The second kappa shape index (κ2) is 5.19. The molecule has 1 aliphatic heterocycles. The second-order valence-electron chi connectivity index (χ2n) is 4.79. The van der Waals surface area contributed by atoms with E-state index in [0.717, 1.165) is 19.6 Å². The van der Waals surface area contributed by atoms with Crippen molar-refractivity contribution in [1.29, 1.82) is 0 Å². The van der Waals surface area contributed by atoms with E-state index in [1.807, 2.05) is 18.2 Å². The molecule has 2 aromatic rings. The number of aliphatic imine (C=N–C) groups is 1. The summed E-state index contributed by atoms with van der Waals surface area (Å²) in [6.45, 7) is 2.81. The van der Waals surface area contributed by atoms with Crippen LogP contribution in [-0.2, 0) is 24.4 Å². The van der Waals surface area contributed by atoms with E-state index in [1.54, 1.807) is 6.08 Å². The number of hydrogen-bond acceptors (Lipinski definition) is 3. The summed E-state index contributed by atoms with van der Waals surface area (Å²) in [6.07, 6.45) is 1.59. The van der Waals surface area contributed by atoms with Gasteiger partial charge in [-0.25, -0.2) is 4.79 Å². The number of hydrogen-bond donors (Lipinski definition) is 0. The van der Waals surface area contributed by atoms with Crippen molar-refractivity contribution in [3.8, 4) is 0 Å². The Balaban J connectivity index is 1.75. The first-order chi connectivity index (χ1) is 9.35. The predicted octanol–water partition coefficient (Wildman–Crippen LogP) is 3.17. The van der Waals surface area contributed by atoms with Crippen molar-refractivity contribution in [3.63, 3.8) is 0 Å². The maximum Gasteiger partial charge on any atom is 0.240 e. The fourth-order valence-electron chi connectivity index (χ4n) is 2.53. The van der Waals surface area contributed by atoms with E-state index >= 15 is 0 Å². The smallest absolute Gasteiger partial charge is 0.240 e. The third-order valence-electron chi connectivity index (χ3n) is 3.40. The van der Waals surface area contributed by atoms with E-state index < -0.39 is 0 Å². The minimum Gasteiger partial charge on any atom is -0.291 e. The Labute approximate surface area is 112 Å². The van der Waals surface area contributed by atoms with Crippen molar-refractivity contribution in [2.75, 3.05) is 0 Å². The quantitative estimate of drug-likeness (QED) is 0.619. The van der Waals surface area contributed by atoms with Gasteiger partial charge < -0.3 is 0 Å². The molecule has 0 aromatic heterocycles. The molecule has 0 unspecified atom stereocenters. The van der Waals surface area contributed by atoms with Gasteiger partial charge in [0, 0.05) is 19.6 Å². The van der Waals surface area contributed by atoms with Crippen LogP contribution in [0, 0.1) is 0 Å². The van der Waals surface area contributed by atoms with E-state index in [9.17, 15) is 4.79 Å². The third-order valence-corrected chi connectivity index (χ3v) is 3.40. The van der Waals surface area contributed by atoms with E-state index in [-0.39, 0.29) is 0 Å². The fraction of sp³-hybridized carbons (Fsp3) is 0.188. The van der Waals surface area contributed by atoms with Crippen LogP contribution < -0.4 is 0 Å². The first kappa shape index (κ1) is 11.8. The zero-order valence-electron chi connectivity index (χ0n) is 10.5. The average Bonchev–Trinajstić information content (AvgIpc) is 2.82. The van der Waals surface area contributed by atoms with Gasteiger partial charge in [0.05, 0.1) is 5.69 Å². The highest BCUT2D eigenvalue weighted by molar-refractivity contribution is 5.52. The maximum atomic E-state index is 10.3. The molecule has 94 valence electrons. The van der Waals surface area contributed by atoms with Crippen LogP contribution in [-0.4, -0.2) is 11.0 Å². The van der Waals surface area contributed by atoms with E-state index in [0.29, 0.717) is 5.69 Å². The Morgan fingerprint density at radius 1 is 1.05 bits per heavy atom. The van der Waals surface area contributed by atoms with Crippen LogP contribution in [0.15, 0.2) is 53.5 Å². The van der Waals surface area contributed by atoms with E-state index in [2.05, 4.69) is 40.2 Å². The molecular weight excluding hydrogens is 236 g/mol. The summed E-state index contributed by atoms with van der Waals surface area (Å²) in [5, 5.41) is 0. The van der Waals surface area contributed by atoms with Gasteiger partial charge in [0.1, 0.15) is 0 Å². The molecule has 0 radical (unpaired) electrons. The zero-order valence-corrected chi connectivity index (χ0v) is 10.5. The molecule has 0 amide bonds. The SMILES string of the molecule is O=C=Nc1ccc2c(c1)CN(Cc1ccccc1)C2. The molecule has 2 aromatic carbocycles. The van der Waals surface area contributed by atoms with Crippen LogP contribution in [0.25, 0.3) is 0 Å². The van der Waals surface area contributed by atoms with Crippen LogP contribution in [0.3, 0.4) is 0 Å². The van der Waals surface area contributed by atoms with Crippen LogP contribution >= 0.6 is 0 Å². The molecule has 0 saturated heterocycles. The summed E-state index contributed by atoms with van der Waals surface area (Å²) in [4.78, 5) is 16.3. The lowest BCUT2D eigenvalue weighted by molar-refractivity contribution is 0.275. The van der Waals surface area contributed by atoms with Gasteiger partial charge in [0.15, 0.2) is 0 Å². The molecule has 3 nitrogen and oxygen atoms in total. The maximum absolute atomic E-state index is 10.3. The molecule has 3 heteroatoms. The highest BCUT2D eigenvalue weighted by Crippen LogP contribution is 2.27. The second-order valence-corrected chi connectivity index (χ2v) is 4.79. The standard InChI is InChI=1S/C16H14N2O/c19-12-17-16-7-6-14-10-18(11-15(14)8-16)9-13-4-2-1-3-5-13/h1-8H,9-11H2. The van der Waals surface area contributed by atoms with Crippen molar-refractivity contribution in [3.05, 3.63) is 65.2 Å². The molecule has 1 aliphatic rings. The lowest BCUT2D eigenvalue weighted by Crippen LogP contribution is -2.15. The highest BCUT2D eigenvalue weighted by Gasteiger charge is 2.18. The van der Waals surface area contributed by atoms with Crippen molar-refractivity contribution in [1.82, 2.24) is 4.90 Å². The van der Waals surface area contributed by atoms with E-state index in [4.69, 9.17) is 0 Å². The van der Waals surface area contributed by atoms with E-state index in [1.165, 1.54) is 16.7 Å². The van der Waals surface area contributed by atoms with Gasteiger partial charge in [0.25, 0.3) is 0 Å². The molecule has 0 bridgehead atoms. The first-order valence-electron chi connectivity index (χ1n) is 6.31. The normalized spacial score (nSPS) is 13.9. The Bertz CT molecular complexity index is 630. The molecule has 0 atom stereocenters. The van der Waals surface area contributed by atoms with Gasteiger partial charge in [-0.3, -0.25) is 4.90 Å². The number of nitrogens with zero attached hydrogens (tertiary/aromatic N) is 2. The molecule has 0 saturated carbocycles. The van der Waals surface area contributed by atoms with Gasteiger partial charge in [-0.1, -0.05) is 36.4 Å². The van der Waals surface area contributed by atoms with Crippen molar-refractivity contribution < 1.29 is 4.79 Å². The first-order valence-corrected chi connectivity index (χ1v) is 6.31. The van der Waals surface area contributed by atoms with Crippen LogP contribution in [0.5, 0.6) is 0 Å². The Morgan fingerprint density at radius 3 is 2.63 bits per heavy atom. The van der Waals surface area contributed by atoms with Crippen LogP contribution in [0.2, 0.25) is 0 Å². The summed E-state index contributed by atoms with van der Waals surface area (Å²) in [5.74, 6) is 0.